The summed E-state index contributed by atoms with van der Waals surface area (Å²) in [5, 5.41) is 4.37. The number of pyridine rings is 2. The molecule has 3 aromatic rings. The molecule has 0 fully saturated rings. The Hall–Kier alpha value is -2.83. The van der Waals surface area contributed by atoms with Crippen molar-refractivity contribution in [3.63, 3.8) is 0 Å². The van der Waals surface area contributed by atoms with Gasteiger partial charge in [0.15, 0.2) is 0 Å². The summed E-state index contributed by atoms with van der Waals surface area (Å²) in [5.41, 5.74) is 9.91. The van der Waals surface area contributed by atoms with E-state index in [1.54, 1.807) is 32.7 Å². The molecular formula is C16H19N5O2. The predicted molar refractivity (Wildman–Crippen MR) is 88.7 cm³/mol. The minimum absolute atomic E-state index is 0.206. The molecular weight excluding hydrogens is 294 g/mol. The molecule has 0 aliphatic rings. The molecule has 0 aromatic carbocycles. The van der Waals surface area contributed by atoms with Crippen molar-refractivity contribution >= 4 is 16.7 Å². The van der Waals surface area contributed by atoms with Gasteiger partial charge in [0.25, 0.3) is 0 Å². The Morgan fingerprint density at radius 3 is 2.57 bits per heavy atom. The number of nitrogens with zero attached hydrogens (tertiary/aromatic N) is 4. The molecule has 120 valence electrons. The molecule has 7 heteroatoms. The van der Waals surface area contributed by atoms with Gasteiger partial charge in [-0.2, -0.15) is 5.10 Å². The fourth-order valence-electron chi connectivity index (χ4n) is 2.52. The molecule has 0 bridgehead atoms. The summed E-state index contributed by atoms with van der Waals surface area (Å²) in [7, 11) is 3.15. The van der Waals surface area contributed by atoms with Gasteiger partial charge >= 0.3 is 0 Å². The Bertz CT molecular complexity index is 857. The van der Waals surface area contributed by atoms with Gasteiger partial charge in [0.05, 0.1) is 38.0 Å². The summed E-state index contributed by atoms with van der Waals surface area (Å²) in [5.74, 6) is 1.09. The highest BCUT2D eigenvalue weighted by Crippen LogP contribution is 2.34. The van der Waals surface area contributed by atoms with E-state index in [4.69, 9.17) is 15.2 Å². The second kappa shape index (κ2) is 5.75. The summed E-state index contributed by atoms with van der Waals surface area (Å²) < 4.78 is 12.4. The Labute approximate surface area is 134 Å². The summed E-state index contributed by atoms with van der Waals surface area (Å²) in [6, 6.07) is 3.80. The minimum Gasteiger partial charge on any atom is -0.494 e. The summed E-state index contributed by atoms with van der Waals surface area (Å²) >= 11 is 0. The Kier molecular flexibility index (Phi) is 3.77. The maximum atomic E-state index is 6.25. The fraction of sp³-hybridized carbons (Fsp3) is 0.312. The first-order valence-electron chi connectivity index (χ1n) is 7.27. The molecule has 0 saturated carbocycles. The number of rotatable bonds is 4. The lowest BCUT2D eigenvalue weighted by Gasteiger charge is -2.12. The van der Waals surface area contributed by atoms with E-state index in [1.807, 2.05) is 10.7 Å². The van der Waals surface area contributed by atoms with E-state index in [2.05, 4.69) is 28.9 Å². The molecule has 7 nitrogen and oxygen atoms in total. The summed E-state index contributed by atoms with van der Waals surface area (Å²) in [4.78, 5) is 8.81. The van der Waals surface area contributed by atoms with E-state index in [0.29, 0.717) is 23.0 Å². The van der Waals surface area contributed by atoms with Crippen LogP contribution in [0.2, 0.25) is 0 Å². The average molecular weight is 313 g/mol. The molecule has 3 heterocycles. The lowest BCUT2D eigenvalue weighted by atomic mass is 10.1. The number of ether oxygens (including phenoxy) is 2. The molecule has 0 aliphatic heterocycles. The lowest BCUT2D eigenvalue weighted by Crippen LogP contribution is -2.04. The highest BCUT2D eigenvalue weighted by atomic mass is 16.5. The molecule has 23 heavy (non-hydrogen) atoms. The first-order chi connectivity index (χ1) is 11.0. The number of nitrogens with two attached hydrogens (primary N) is 1. The third kappa shape index (κ3) is 2.54. The van der Waals surface area contributed by atoms with Gasteiger partial charge in [-0.05, 0) is 19.9 Å². The van der Waals surface area contributed by atoms with E-state index in [0.717, 1.165) is 16.6 Å². The summed E-state index contributed by atoms with van der Waals surface area (Å²) in [6.45, 7) is 4.10. The molecule has 2 N–H and O–H groups in total. The van der Waals surface area contributed by atoms with Crippen LogP contribution in [0, 0.1) is 0 Å². The second-order valence-electron chi connectivity index (χ2n) is 5.44. The Morgan fingerprint density at radius 1 is 1.13 bits per heavy atom. The van der Waals surface area contributed by atoms with Gasteiger partial charge in [0, 0.05) is 17.7 Å². The SMILES string of the molecule is COc1cc(-c2cc(N)c3c(cnn3C(C)C)n2)c(OC)cn1. The van der Waals surface area contributed by atoms with Crippen LogP contribution in [0.5, 0.6) is 11.6 Å². The normalized spacial score (nSPS) is 11.2. The lowest BCUT2D eigenvalue weighted by molar-refractivity contribution is 0.388. The molecule has 3 rings (SSSR count). The molecule has 0 spiro atoms. The standard InChI is InChI=1S/C16H19N5O2/c1-9(2)21-16-11(17)6-12(20-13(16)7-19-21)10-5-15(23-4)18-8-14(10)22-3/h5-9H,1-4H3,(H2,17,20). The van der Waals surface area contributed by atoms with Crippen LogP contribution in [0.3, 0.4) is 0 Å². The third-order valence-electron chi connectivity index (χ3n) is 3.62. The van der Waals surface area contributed by atoms with Crippen LogP contribution in [0.4, 0.5) is 5.69 Å². The zero-order valence-electron chi connectivity index (χ0n) is 13.6. The van der Waals surface area contributed by atoms with E-state index < -0.39 is 0 Å². The van der Waals surface area contributed by atoms with Gasteiger partial charge in [-0.25, -0.2) is 9.97 Å². The van der Waals surface area contributed by atoms with Crippen molar-refractivity contribution in [3.05, 3.63) is 24.5 Å². The van der Waals surface area contributed by atoms with Gasteiger partial charge < -0.3 is 15.2 Å². The molecule has 0 aliphatic carbocycles. The van der Waals surface area contributed by atoms with Gasteiger partial charge in [-0.3, -0.25) is 4.68 Å². The highest BCUT2D eigenvalue weighted by molar-refractivity contribution is 5.90. The molecule has 0 saturated heterocycles. The highest BCUT2D eigenvalue weighted by Gasteiger charge is 2.16. The molecule has 0 amide bonds. The van der Waals surface area contributed by atoms with Crippen molar-refractivity contribution in [2.24, 2.45) is 0 Å². The number of aromatic nitrogens is 4. The number of anilines is 1. The number of fused-ring (bicyclic) bond motifs is 1. The Balaban J connectivity index is 2.22. The van der Waals surface area contributed by atoms with Crippen molar-refractivity contribution in [1.82, 2.24) is 19.7 Å². The van der Waals surface area contributed by atoms with Gasteiger partial charge in [0.1, 0.15) is 16.8 Å². The van der Waals surface area contributed by atoms with Crippen molar-refractivity contribution in [1.29, 1.82) is 0 Å². The van der Waals surface area contributed by atoms with E-state index in [1.165, 1.54) is 0 Å². The maximum absolute atomic E-state index is 6.25. The second-order valence-corrected chi connectivity index (χ2v) is 5.44. The minimum atomic E-state index is 0.206. The zero-order valence-corrected chi connectivity index (χ0v) is 13.6. The van der Waals surface area contributed by atoms with Crippen molar-refractivity contribution in [3.8, 4) is 22.9 Å². The first kappa shape index (κ1) is 15.1. The van der Waals surface area contributed by atoms with E-state index >= 15 is 0 Å². The largest absolute Gasteiger partial charge is 0.494 e. The van der Waals surface area contributed by atoms with E-state index in [-0.39, 0.29) is 6.04 Å². The van der Waals surface area contributed by atoms with Gasteiger partial charge in [-0.15, -0.1) is 0 Å². The predicted octanol–water partition coefficient (Wildman–Crippen LogP) is 2.67. The van der Waals surface area contributed by atoms with Crippen molar-refractivity contribution < 1.29 is 9.47 Å². The number of nitrogen functional groups attached to an aromatic ring is 1. The third-order valence-corrected chi connectivity index (χ3v) is 3.62. The van der Waals surface area contributed by atoms with Crippen LogP contribution in [0.25, 0.3) is 22.3 Å². The molecule has 0 unspecified atom stereocenters. The zero-order chi connectivity index (χ0) is 16.6. The van der Waals surface area contributed by atoms with Crippen LogP contribution in [0.1, 0.15) is 19.9 Å². The Morgan fingerprint density at radius 2 is 1.91 bits per heavy atom. The van der Waals surface area contributed by atoms with Gasteiger partial charge in [-0.1, -0.05) is 0 Å². The molecule has 0 radical (unpaired) electrons. The van der Waals surface area contributed by atoms with Crippen molar-refractivity contribution in [2.75, 3.05) is 20.0 Å². The maximum Gasteiger partial charge on any atom is 0.213 e. The monoisotopic (exact) mass is 313 g/mol. The average Bonchev–Trinajstić information content (AvgIpc) is 2.99. The van der Waals surface area contributed by atoms with Crippen LogP contribution < -0.4 is 15.2 Å². The molecule has 3 aromatic heterocycles. The van der Waals surface area contributed by atoms with Gasteiger partial charge in [0.2, 0.25) is 5.88 Å². The van der Waals surface area contributed by atoms with Crippen molar-refractivity contribution in [2.45, 2.75) is 19.9 Å². The number of methoxy groups -OCH3 is 2. The van der Waals surface area contributed by atoms with Crippen LogP contribution >= 0.6 is 0 Å². The number of hydrogen-bond donors (Lipinski definition) is 1. The fourth-order valence-corrected chi connectivity index (χ4v) is 2.52. The summed E-state index contributed by atoms with van der Waals surface area (Å²) in [6.07, 6.45) is 3.33. The molecule has 0 atom stereocenters. The first-order valence-corrected chi connectivity index (χ1v) is 7.27. The van der Waals surface area contributed by atoms with E-state index in [9.17, 15) is 0 Å². The van der Waals surface area contributed by atoms with Crippen LogP contribution in [-0.2, 0) is 0 Å². The smallest absolute Gasteiger partial charge is 0.213 e. The quantitative estimate of drug-likeness (QED) is 0.796. The van der Waals surface area contributed by atoms with Crippen LogP contribution in [0.15, 0.2) is 24.5 Å². The number of hydrogen-bond acceptors (Lipinski definition) is 6. The van der Waals surface area contributed by atoms with Crippen LogP contribution in [-0.4, -0.2) is 34.0 Å². The topological polar surface area (TPSA) is 88.1 Å².